The number of hydrogen-bond acceptors (Lipinski definition) is 6. The number of benzene rings is 3. The standard InChI is InChI=1S/C36H47BrFN3O6Si/c1-24(2)48(25(3)4,26(5)6)47-33-22-29(20-30(37)36(33)46-23-28-10-8-7-9-11-28)16-18-39-35(43)17-19-40-34(42)15-13-27-12-14-31(38)32(21-27)41(44)45/h7-12,14,20-22,24-26H,13,15-19,23H2,1-6H3,(H,39,43)(H,40,42). The van der Waals surface area contributed by atoms with E-state index in [0.717, 1.165) is 27.7 Å². The van der Waals surface area contributed by atoms with Gasteiger partial charge in [-0.15, -0.1) is 0 Å². The summed E-state index contributed by atoms with van der Waals surface area (Å²) >= 11 is 3.74. The molecule has 2 amide bonds. The van der Waals surface area contributed by atoms with Gasteiger partial charge in [0.15, 0.2) is 5.75 Å². The van der Waals surface area contributed by atoms with Crippen LogP contribution in [0.15, 0.2) is 65.1 Å². The van der Waals surface area contributed by atoms with Gasteiger partial charge in [0.05, 0.1) is 9.40 Å². The lowest BCUT2D eigenvalue weighted by Crippen LogP contribution is -2.50. The Kier molecular flexibility index (Phi) is 14.6. The fourth-order valence-corrected chi connectivity index (χ4v) is 12.0. The van der Waals surface area contributed by atoms with Gasteiger partial charge in [0, 0.05) is 32.0 Å². The summed E-state index contributed by atoms with van der Waals surface area (Å²) in [6.07, 6.45) is 0.938. The van der Waals surface area contributed by atoms with Gasteiger partial charge in [0.2, 0.25) is 17.6 Å². The molecule has 0 unspecified atom stereocenters. The minimum atomic E-state index is -2.31. The number of hydrogen-bond donors (Lipinski definition) is 2. The number of halogens is 2. The number of amides is 2. The first-order chi connectivity index (χ1) is 22.7. The minimum absolute atomic E-state index is 0.0588. The van der Waals surface area contributed by atoms with Crippen LogP contribution in [0.5, 0.6) is 11.5 Å². The van der Waals surface area contributed by atoms with Crippen molar-refractivity contribution < 1.29 is 28.1 Å². The van der Waals surface area contributed by atoms with Crippen molar-refractivity contribution in [2.75, 3.05) is 13.1 Å². The number of nitrogens with zero attached hydrogens (tertiary/aromatic N) is 1. The van der Waals surface area contributed by atoms with Gasteiger partial charge in [0.1, 0.15) is 12.4 Å². The van der Waals surface area contributed by atoms with E-state index < -0.39 is 24.7 Å². The number of carbonyl (C=O) groups is 2. The smallest absolute Gasteiger partial charge is 0.305 e. The largest absolute Gasteiger partial charge is 0.540 e. The van der Waals surface area contributed by atoms with Crippen molar-refractivity contribution in [3.05, 3.63) is 97.8 Å². The molecule has 0 atom stereocenters. The molecule has 0 saturated carbocycles. The number of nitrogens with one attached hydrogen (secondary N) is 2. The summed E-state index contributed by atoms with van der Waals surface area (Å²) < 4.78 is 27.8. The van der Waals surface area contributed by atoms with Crippen molar-refractivity contribution in [2.24, 2.45) is 0 Å². The molecule has 0 fully saturated rings. The highest BCUT2D eigenvalue weighted by molar-refractivity contribution is 9.10. The normalized spacial score (nSPS) is 11.6. The molecule has 0 spiro atoms. The molecule has 3 aromatic rings. The van der Waals surface area contributed by atoms with Crippen LogP contribution in [0.25, 0.3) is 0 Å². The van der Waals surface area contributed by atoms with Crippen molar-refractivity contribution in [3.63, 3.8) is 0 Å². The summed E-state index contributed by atoms with van der Waals surface area (Å²) in [7, 11) is -2.31. The van der Waals surface area contributed by atoms with Gasteiger partial charge in [-0.2, -0.15) is 4.39 Å². The molecule has 9 nitrogen and oxygen atoms in total. The van der Waals surface area contributed by atoms with Crippen molar-refractivity contribution in [2.45, 2.75) is 90.5 Å². The van der Waals surface area contributed by atoms with E-state index in [4.69, 9.17) is 9.16 Å². The molecule has 0 saturated heterocycles. The topological polar surface area (TPSA) is 120 Å². The van der Waals surface area contributed by atoms with E-state index in [0.29, 0.717) is 53.3 Å². The van der Waals surface area contributed by atoms with Gasteiger partial charge in [-0.3, -0.25) is 19.7 Å². The zero-order valence-electron chi connectivity index (χ0n) is 28.6. The van der Waals surface area contributed by atoms with E-state index in [1.54, 1.807) is 0 Å². The third-order valence-corrected chi connectivity index (χ3v) is 15.1. The maximum absolute atomic E-state index is 13.5. The van der Waals surface area contributed by atoms with E-state index in [2.05, 4.69) is 68.1 Å². The minimum Gasteiger partial charge on any atom is -0.540 e. The Labute approximate surface area is 292 Å². The molecule has 48 heavy (non-hydrogen) atoms. The van der Waals surface area contributed by atoms with Gasteiger partial charge >= 0.3 is 5.69 Å². The van der Waals surface area contributed by atoms with Gasteiger partial charge < -0.3 is 19.8 Å². The molecule has 0 aliphatic heterocycles. The second-order valence-electron chi connectivity index (χ2n) is 12.8. The van der Waals surface area contributed by atoms with Crippen LogP contribution in [0.2, 0.25) is 16.6 Å². The van der Waals surface area contributed by atoms with Crippen LogP contribution in [0.4, 0.5) is 10.1 Å². The number of aryl methyl sites for hydroxylation is 1. The second kappa shape index (κ2) is 18.1. The highest BCUT2D eigenvalue weighted by Crippen LogP contribution is 2.47. The predicted octanol–water partition coefficient (Wildman–Crippen LogP) is 8.43. The molecule has 12 heteroatoms. The fourth-order valence-electron chi connectivity index (χ4n) is 6.21. The lowest BCUT2D eigenvalue weighted by atomic mass is 10.1. The third kappa shape index (κ3) is 10.6. The summed E-state index contributed by atoms with van der Waals surface area (Å²) in [4.78, 5) is 34.9. The van der Waals surface area contributed by atoms with Crippen LogP contribution in [0.3, 0.4) is 0 Å². The maximum Gasteiger partial charge on any atom is 0.305 e. The number of rotatable bonds is 18. The first-order valence-electron chi connectivity index (χ1n) is 16.4. The van der Waals surface area contributed by atoms with Gasteiger partial charge in [-0.05, 0) is 80.3 Å². The van der Waals surface area contributed by atoms with E-state index in [9.17, 15) is 24.1 Å². The van der Waals surface area contributed by atoms with Gasteiger partial charge in [-0.25, -0.2) is 0 Å². The Morgan fingerprint density at radius 1 is 0.833 bits per heavy atom. The van der Waals surface area contributed by atoms with Crippen molar-refractivity contribution >= 4 is 41.7 Å². The second-order valence-corrected chi connectivity index (χ2v) is 19.1. The summed E-state index contributed by atoms with van der Waals surface area (Å²) in [6.45, 7) is 14.4. The molecule has 3 rings (SSSR count). The summed E-state index contributed by atoms with van der Waals surface area (Å²) in [5.41, 5.74) is 3.00. The quantitative estimate of drug-likeness (QED) is 0.0767. The molecule has 0 bridgehead atoms. The average molecular weight is 745 g/mol. The Morgan fingerprint density at radius 3 is 2.08 bits per heavy atom. The molecular weight excluding hydrogens is 697 g/mol. The highest BCUT2D eigenvalue weighted by Gasteiger charge is 2.47. The molecule has 3 aromatic carbocycles. The molecule has 2 N–H and O–H groups in total. The van der Waals surface area contributed by atoms with Gasteiger partial charge in [0.25, 0.3) is 8.32 Å². The Balaban J connectivity index is 1.60. The lowest BCUT2D eigenvalue weighted by molar-refractivity contribution is -0.387. The van der Waals surface area contributed by atoms with Crippen LogP contribution in [0.1, 0.15) is 71.1 Å². The monoisotopic (exact) mass is 743 g/mol. The Bertz CT molecular complexity index is 1530. The van der Waals surface area contributed by atoms with Crippen LogP contribution < -0.4 is 19.8 Å². The van der Waals surface area contributed by atoms with E-state index >= 15 is 0 Å². The van der Waals surface area contributed by atoms with Crippen molar-refractivity contribution in [1.82, 2.24) is 10.6 Å². The van der Waals surface area contributed by atoms with E-state index in [-0.39, 0.29) is 37.6 Å². The number of nitro groups is 1. The first-order valence-corrected chi connectivity index (χ1v) is 19.3. The molecule has 260 valence electrons. The number of nitro benzene ring substituents is 1. The number of carbonyl (C=O) groups excluding carboxylic acids is 2. The summed E-state index contributed by atoms with van der Waals surface area (Å²) in [6, 6.07) is 17.6. The Hall–Kier alpha value is -3.77. The van der Waals surface area contributed by atoms with E-state index in [1.165, 1.54) is 6.07 Å². The third-order valence-electron chi connectivity index (χ3n) is 8.55. The van der Waals surface area contributed by atoms with Crippen LogP contribution in [-0.4, -0.2) is 38.1 Å². The zero-order valence-corrected chi connectivity index (χ0v) is 31.2. The van der Waals surface area contributed by atoms with E-state index in [1.807, 2.05) is 42.5 Å². The summed E-state index contributed by atoms with van der Waals surface area (Å²) in [5.74, 6) is -0.0435. The van der Waals surface area contributed by atoms with Crippen LogP contribution >= 0.6 is 15.9 Å². The summed E-state index contributed by atoms with van der Waals surface area (Å²) in [5, 5.41) is 16.6. The molecule has 0 heterocycles. The maximum atomic E-state index is 13.5. The predicted molar refractivity (Wildman–Crippen MR) is 192 cm³/mol. The fraction of sp³-hybridized carbons (Fsp3) is 0.444. The van der Waals surface area contributed by atoms with Crippen LogP contribution in [-0.2, 0) is 29.0 Å². The molecule has 0 aliphatic carbocycles. The van der Waals surface area contributed by atoms with Crippen molar-refractivity contribution in [3.8, 4) is 11.5 Å². The lowest BCUT2D eigenvalue weighted by Gasteiger charge is -2.42. The van der Waals surface area contributed by atoms with Gasteiger partial charge in [-0.1, -0.05) is 77.9 Å². The van der Waals surface area contributed by atoms with Crippen LogP contribution in [0, 0.1) is 15.9 Å². The molecule has 0 aliphatic rings. The molecule has 0 radical (unpaired) electrons. The highest BCUT2D eigenvalue weighted by atomic mass is 79.9. The number of ether oxygens (including phenoxy) is 1. The first kappa shape index (κ1) is 38.7. The molecule has 0 aromatic heterocycles. The Morgan fingerprint density at radius 2 is 1.46 bits per heavy atom. The SMILES string of the molecule is CC(C)[Si](Oc1cc(CCNC(=O)CCNC(=O)CCc2ccc(F)c([N+](=O)[O-])c2)cc(Br)c1OCc1ccccc1)(C(C)C)C(C)C. The zero-order chi connectivity index (χ0) is 35.4. The average Bonchev–Trinajstić information content (AvgIpc) is 3.02. The van der Waals surface area contributed by atoms with Crippen molar-refractivity contribution in [1.29, 1.82) is 0 Å². The molecular formula is C36H47BrFN3O6Si.